The standard InChI is InChI=1S/C19H25N3O2/c1-14(22-10-8-21-9-11-22)24-18-16-7-5-4-6-15(16)12-19(2,23-3)17(18)13-20/h4-7,12,14,17,21H,8-11H2,1-3H3. The molecule has 1 aromatic rings. The fraction of sp³-hybridized carbons (Fsp3) is 0.526. The summed E-state index contributed by atoms with van der Waals surface area (Å²) in [5.41, 5.74) is -0.693. The van der Waals surface area contributed by atoms with Crippen molar-refractivity contribution in [2.45, 2.75) is 25.7 Å². The SMILES string of the molecule is COC1(C)C=c2ccccc2=C(OC(C)N2CCNCC2)C1C#N. The van der Waals surface area contributed by atoms with Gasteiger partial charge in [-0.2, -0.15) is 5.26 Å². The minimum absolute atomic E-state index is 0.0785. The van der Waals surface area contributed by atoms with Crippen LogP contribution in [0, 0.1) is 17.2 Å². The van der Waals surface area contributed by atoms with E-state index in [1.807, 2.05) is 37.3 Å². The van der Waals surface area contributed by atoms with Gasteiger partial charge >= 0.3 is 0 Å². The third-order valence-electron chi connectivity index (χ3n) is 5.04. The molecule has 1 fully saturated rings. The van der Waals surface area contributed by atoms with Crippen LogP contribution in [0.2, 0.25) is 0 Å². The van der Waals surface area contributed by atoms with Crippen LogP contribution in [0.25, 0.3) is 11.8 Å². The number of benzene rings is 1. The highest BCUT2D eigenvalue weighted by molar-refractivity contribution is 5.58. The number of hydrogen-bond donors (Lipinski definition) is 1. The summed E-state index contributed by atoms with van der Waals surface area (Å²) in [5.74, 6) is 0.244. The van der Waals surface area contributed by atoms with Gasteiger partial charge in [-0.25, -0.2) is 0 Å². The molecule has 0 saturated carbocycles. The van der Waals surface area contributed by atoms with Crippen LogP contribution in [0.3, 0.4) is 0 Å². The molecule has 1 aliphatic carbocycles. The molecule has 2 aliphatic rings. The van der Waals surface area contributed by atoms with E-state index in [-0.39, 0.29) is 6.23 Å². The van der Waals surface area contributed by atoms with E-state index < -0.39 is 11.5 Å². The minimum atomic E-state index is -0.693. The molecule has 5 nitrogen and oxygen atoms in total. The second kappa shape index (κ2) is 6.94. The largest absolute Gasteiger partial charge is 0.478 e. The second-order valence-electron chi connectivity index (χ2n) is 6.55. The second-order valence-corrected chi connectivity index (χ2v) is 6.55. The number of fused-ring (bicyclic) bond motifs is 1. The Hall–Kier alpha value is -1.87. The van der Waals surface area contributed by atoms with E-state index in [0.29, 0.717) is 5.76 Å². The molecule has 1 N–H and O–H groups in total. The molecule has 3 unspecified atom stereocenters. The molecule has 0 aromatic heterocycles. The van der Waals surface area contributed by atoms with Gasteiger partial charge in [0.05, 0.1) is 6.07 Å². The number of nitriles is 1. The van der Waals surface area contributed by atoms with E-state index in [1.54, 1.807) is 7.11 Å². The van der Waals surface area contributed by atoms with E-state index in [2.05, 4.69) is 23.2 Å². The number of rotatable bonds is 4. The number of nitrogens with one attached hydrogen (secondary N) is 1. The summed E-state index contributed by atoms with van der Waals surface area (Å²) >= 11 is 0. The normalized spacial score (nSPS) is 28.4. The highest BCUT2D eigenvalue weighted by Gasteiger charge is 2.40. The molecule has 0 bridgehead atoms. The Labute approximate surface area is 143 Å². The van der Waals surface area contributed by atoms with Gasteiger partial charge in [0.15, 0.2) is 0 Å². The highest BCUT2D eigenvalue weighted by Crippen LogP contribution is 2.32. The van der Waals surface area contributed by atoms with Gasteiger partial charge in [0.1, 0.15) is 23.5 Å². The molecule has 0 spiro atoms. The van der Waals surface area contributed by atoms with Crippen LogP contribution in [0.5, 0.6) is 0 Å². The van der Waals surface area contributed by atoms with Gasteiger partial charge in [0.25, 0.3) is 0 Å². The Bertz CT molecular complexity index is 749. The average Bonchev–Trinajstić information content (AvgIpc) is 2.62. The van der Waals surface area contributed by atoms with Crippen LogP contribution in [-0.2, 0) is 9.47 Å². The summed E-state index contributed by atoms with van der Waals surface area (Å²) in [5, 5.41) is 15.2. The van der Waals surface area contributed by atoms with Crippen molar-refractivity contribution in [1.29, 1.82) is 5.26 Å². The van der Waals surface area contributed by atoms with Gasteiger partial charge in [-0.05, 0) is 25.1 Å². The summed E-state index contributed by atoms with van der Waals surface area (Å²) in [6.45, 7) is 7.81. The number of methoxy groups -OCH3 is 1. The van der Waals surface area contributed by atoms with E-state index in [4.69, 9.17) is 9.47 Å². The summed E-state index contributed by atoms with van der Waals surface area (Å²) < 4.78 is 12.0. The summed E-state index contributed by atoms with van der Waals surface area (Å²) in [6, 6.07) is 10.4. The molecule has 128 valence electrons. The van der Waals surface area contributed by atoms with Crippen molar-refractivity contribution in [3.8, 4) is 6.07 Å². The highest BCUT2D eigenvalue weighted by atomic mass is 16.5. The molecule has 0 amide bonds. The number of piperazine rings is 1. The lowest BCUT2D eigenvalue weighted by atomic mass is 9.83. The van der Waals surface area contributed by atoms with Gasteiger partial charge in [0.2, 0.25) is 0 Å². The Balaban J connectivity index is 2.02. The lowest BCUT2D eigenvalue weighted by molar-refractivity contribution is -0.0161. The van der Waals surface area contributed by atoms with Crippen molar-refractivity contribution in [2.24, 2.45) is 5.92 Å². The number of ether oxygens (including phenoxy) is 2. The van der Waals surface area contributed by atoms with Crippen molar-refractivity contribution in [1.82, 2.24) is 10.2 Å². The zero-order valence-electron chi connectivity index (χ0n) is 14.6. The topological polar surface area (TPSA) is 57.5 Å². The summed E-state index contributed by atoms with van der Waals surface area (Å²) in [4.78, 5) is 2.29. The van der Waals surface area contributed by atoms with E-state index >= 15 is 0 Å². The molecule has 5 heteroatoms. The zero-order valence-corrected chi connectivity index (χ0v) is 14.6. The predicted molar refractivity (Wildman–Crippen MR) is 93.1 cm³/mol. The monoisotopic (exact) mass is 327 g/mol. The molecule has 3 rings (SSSR count). The number of nitrogens with zero attached hydrogens (tertiary/aromatic N) is 2. The van der Waals surface area contributed by atoms with Gasteiger partial charge in [-0.1, -0.05) is 24.3 Å². The zero-order chi connectivity index (χ0) is 17.2. The molecule has 1 heterocycles. The lowest BCUT2D eigenvalue weighted by Crippen LogP contribution is -2.51. The first-order valence-corrected chi connectivity index (χ1v) is 8.47. The van der Waals surface area contributed by atoms with Gasteiger partial charge in [-0.15, -0.1) is 0 Å². The molecule has 1 saturated heterocycles. The maximum Gasteiger partial charge on any atom is 0.149 e. The third kappa shape index (κ3) is 3.05. The Kier molecular flexibility index (Phi) is 4.91. The minimum Gasteiger partial charge on any atom is -0.478 e. The fourth-order valence-corrected chi connectivity index (χ4v) is 3.45. The summed E-state index contributed by atoms with van der Waals surface area (Å²) in [7, 11) is 1.64. The molecular formula is C19H25N3O2. The van der Waals surface area contributed by atoms with Crippen LogP contribution in [0.15, 0.2) is 24.3 Å². The molecule has 3 atom stereocenters. The van der Waals surface area contributed by atoms with E-state index in [1.165, 1.54) is 0 Å². The number of hydrogen-bond acceptors (Lipinski definition) is 5. The Morgan fingerprint density at radius 3 is 2.71 bits per heavy atom. The Morgan fingerprint density at radius 2 is 2.04 bits per heavy atom. The van der Waals surface area contributed by atoms with Gasteiger partial charge < -0.3 is 14.8 Å². The predicted octanol–water partition coefficient (Wildman–Crippen LogP) is 0.402. The van der Waals surface area contributed by atoms with Crippen molar-refractivity contribution in [3.63, 3.8) is 0 Å². The quantitative estimate of drug-likeness (QED) is 0.868. The maximum absolute atomic E-state index is 9.80. The first-order chi connectivity index (χ1) is 11.6. The maximum atomic E-state index is 9.80. The van der Waals surface area contributed by atoms with Gasteiger partial charge in [0, 0.05) is 38.5 Å². The fourth-order valence-electron chi connectivity index (χ4n) is 3.45. The molecule has 1 aliphatic heterocycles. The third-order valence-corrected chi connectivity index (χ3v) is 5.04. The molecule has 24 heavy (non-hydrogen) atoms. The van der Waals surface area contributed by atoms with Crippen molar-refractivity contribution >= 4 is 11.8 Å². The molecule has 1 aromatic carbocycles. The smallest absolute Gasteiger partial charge is 0.149 e. The van der Waals surface area contributed by atoms with Crippen molar-refractivity contribution in [3.05, 3.63) is 34.7 Å². The van der Waals surface area contributed by atoms with Crippen molar-refractivity contribution in [2.75, 3.05) is 33.3 Å². The van der Waals surface area contributed by atoms with Crippen LogP contribution >= 0.6 is 0 Å². The van der Waals surface area contributed by atoms with Crippen LogP contribution < -0.4 is 15.8 Å². The average molecular weight is 327 g/mol. The lowest BCUT2D eigenvalue weighted by Gasteiger charge is -2.38. The van der Waals surface area contributed by atoms with Crippen LogP contribution in [0.1, 0.15) is 13.8 Å². The van der Waals surface area contributed by atoms with E-state index in [9.17, 15) is 5.26 Å². The van der Waals surface area contributed by atoms with Crippen LogP contribution in [-0.4, -0.2) is 50.0 Å². The van der Waals surface area contributed by atoms with Crippen molar-refractivity contribution < 1.29 is 9.47 Å². The molecular weight excluding hydrogens is 302 g/mol. The molecule has 0 radical (unpaired) electrons. The van der Waals surface area contributed by atoms with E-state index in [0.717, 1.165) is 36.6 Å². The Morgan fingerprint density at radius 1 is 1.33 bits per heavy atom. The van der Waals surface area contributed by atoms with Crippen LogP contribution in [0.4, 0.5) is 0 Å². The first-order valence-electron chi connectivity index (χ1n) is 8.47. The first kappa shape index (κ1) is 17.0. The van der Waals surface area contributed by atoms with Gasteiger partial charge in [-0.3, -0.25) is 4.90 Å². The summed E-state index contributed by atoms with van der Waals surface area (Å²) in [6.07, 6.45) is 1.95.